The summed E-state index contributed by atoms with van der Waals surface area (Å²) >= 11 is 1.74. The smallest absolute Gasteiger partial charge is 0.146 e. The van der Waals surface area contributed by atoms with Gasteiger partial charge in [0.05, 0.1) is 11.9 Å². The number of hydrogen-bond acceptors (Lipinski definition) is 6. The van der Waals surface area contributed by atoms with Crippen molar-refractivity contribution < 1.29 is 4.74 Å². The third-order valence-electron chi connectivity index (χ3n) is 3.61. The Morgan fingerprint density at radius 2 is 2.05 bits per heavy atom. The fourth-order valence-corrected chi connectivity index (χ4v) is 3.39. The SMILES string of the molecule is CNc1nc(CN(C)CCCOC)nc2sc(C)c(C)c12. The topological polar surface area (TPSA) is 50.3 Å². The molecule has 5 nitrogen and oxygen atoms in total. The molecule has 0 aromatic carbocycles. The van der Waals surface area contributed by atoms with E-state index in [1.54, 1.807) is 18.4 Å². The number of thiophene rings is 1. The van der Waals surface area contributed by atoms with E-state index in [1.165, 1.54) is 10.4 Å². The van der Waals surface area contributed by atoms with Gasteiger partial charge in [-0.15, -0.1) is 11.3 Å². The number of nitrogens with one attached hydrogen (secondary N) is 1. The predicted molar refractivity (Wildman–Crippen MR) is 89.3 cm³/mol. The van der Waals surface area contributed by atoms with E-state index in [9.17, 15) is 0 Å². The minimum Gasteiger partial charge on any atom is -0.385 e. The van der Waals surface area contributed by atoms with Gasteiger partial charge in [0.2, 0.25) is 0 Å². The van der Waals surface area contributed by atoms with Crippen LogP contribution in [0.3, 0.4) is 0 Å². The average Bonchev–Trinajstić information content (AvgIpc) is 2.73. The zero-order valence-electron chi connectivity index (χ0n) is 13.5. The molecule has 0 unspecified atom stereocenters. The minimum absolute atomic E-state index is 0.754. The van der Waals surface area contributed by atoms with Crippen molar-refractivity contribution in [2.75, 3.05) is 39.7 Å². The van der Waals surface area contributed by atoms with Crippen LogP contribution in [-0.4, -0.2) is 49.2 Å². The molecular weight excluding hydrogens is 284 g/mol. The number of methoxy groups -OCH3 is 1. The Labute approximate surface area is 130 Å². The molecule has 0 radical (unpaired) electrons. The lowest BCUT2D eigenvalue weighted by Crippen LogP contribution is -2.21. The number of ether oxygens (including phenoxy) is 1. The van der Waals surface area contributed by atoms with Crippen LogP contribution in [0, 0.1) is 13.8 Å². The molecule has 0 bridgehead atoms. The van der Waals surface area contributed by atoms with Crippen LogP contribution in [0.15, 0.2) is 0 Å². The second-order valence-corrected chi connectivity index (χ2v) is 6.49. The van der Waals surface area contributed by atoms with Crippen LogP contribution < -0.4 is 5.32 Å². The average molecular weight is 308 g/mol. The van der Waals surface area contributed by atoms with Crippen molar-refractivity contribution in [3.8, 4) is 0 Å². The van der Waals surface area contributed by atoms with Crippen molar-refractivity contribution in [3.05, 3.63) is 16.3 Å². The lowest BCUT2D eigenvalue weighted by Gasteiger charge is -2.16. The molecule has 0 spiro atoms. The molecule has 0 saturated carbocycles. The van der Waals surface area contributed by atoms with Crippen LogP contribution in [0.25, 0.3) is 10.2 Å². The Morgan fingerprint density at radius 3 is 2.71 bits per heavy atom. The summed E-state index contributed by atoms with van der Waals surface area (Å²) in [5.41, 5.74) is 1.28. The summed E-state index contributed by atoms with van der Waals surface area (Å²) in [5, 5.41) is 4.37. The Morgan fingerprint density at radius 1 is 1.29 bits per heavy atom. The van der Waals surface area contributed by atoms with E-state index in [4.69, 9.17) is 9.72 Å². The van der Waals surface area contributed by atoms with E-state index in [-0.39, 0.29) is 0 Å². The highest BCUT2D eigenvalue weighted by Gasteiger charge is 2.14. The first-order valence-corrected chi connectivity index (χ1v) is 8.00. The molecule has 21 heavy (non-hydrogen) atoms. The van der Waals surface area contributed by atoms with Crippen molar-refractivity contribution in [2.45, 2.75) is 26.8 Å². The first-order chi connectivity index (χ1) is 10.1. The number of aryl methyl sites for hydroxylation is 2. The summed E-state index contributed by atoms with van der Waals surface area (Å²) in [5.74, 6) is 1.80. The summed E-state index contributed by atoms with van der Waals surface area (Å²) < 4.78 is 5.09. The summed E-state index contributed by atoms with van der Waals surface area (Å²) in [6.45, 7) is 6.79. The molecule has 6 heteroatoms. The monoisotopic (exact) mass is 308 g/mol. The number of anilines is 1. The number of nitrogens with zero attached hydrogens (tertiary/aromatic N) is 3. The lowest BCUT2D eigenvalue weighted by atomic mass is 10.2. The molecule has 2 rings (SSSR count). The Hall–Kier alpha value is -1.24. The van der Waals surface area contributed by atoms with Gasteiger partial charge in [-0.2, -0.15) is 0 Å². The van der Waals surface area contributed by atoms with Gasteiger partial charge in [-0.1, -0.05) is 0 Å². The second-order valence-electron chi connectivity index (χ2n) is 5.29. The highest BCUT2D eigenvalue weighted by Crippen LogP contribution is 2.33. The van der Waals surface area contributed by atoms with Crippen LogP contribution in [0.5, 0.6) is 0 Å². The largest absolute Gasteiger partial charge is 0.385 e. The van der Waals surface area contributed by atoms with E-state index < -0.39 is 0 Å². The zero-order valence-corrected chi connectivity index (χ0v) is 14.3. The molecule has 0 saturated heterocycles. The summed E-state index contributed by atoms with van der Waals surface area (Å²) in [4.78, 5) is 14.0. The molecule has 1 N–H and O–H groups in total. The summed E-state index contributed by atoms with van der Waals surface area (Å²) in [6.07, 6.45) is 1.02. The molecule has 0 fully saturated rings. The first-order valence-electron chi connectivity index (χ1n) is 7.18. The Balaban J connectivity index is 2.21. The standard InChI is InChI=1S/C15H24N4OS/c1-10-11(2)21-15-13(10)14(16-3)17-12(18-15)9-19(4)7-6-8-20-5/h6-9H2,1-5H3,(H,16,17,18). The van der Waals surface area contributed by atoms with Crippen LogP contribution >= 0.6 is 11.3 Å². The zero-order chi connectivity index (χ0) is 15.4. The summed E-state index contributed by atoms with van der Waals surface area (Å²) in [7, 11) is 5.74. The first kappa shape index (κ1) is 16.1. The highest BCUT2D eigenvalue weighted by molar-refractivity contribution is 7.18. The number of rotatable bonds is 7. The molecule has 0 aliphatic rings. The van der Waals surface area contributed by atoms with Crippen LogP contribution in [-0.2, 0) is 11.3 Å². The molecule has 116 valence electrons. The normalized spacial score (nSPS) is 11.5. The molecule has 0 atom stereocenters. The molecule has 0 aliphatic carbocycles. The van der Waals surface area contributed by atoms with E-state index in [1.807, 2.05) is 7.05 Å². The Kier molecular flexibility index (Phi) is 5.50. The van der Waals surface area contributed by atoms with E-state index in [0.717, 1.165) is 48.0 Å². The molecule has 0 amide bonds. The van der Waals surface area contributed by atoms with Gasteiger partial charge in [0.15, 0.2) is 0 Å². The van der Waals surface area contributed by atoms with Gasteiger partial charge in [-0.3, -0.25) is 4.90 Å². The third kappa shape index (κ3) is 3.70. The third-order valence-corrected chi connectivity index (χ3v) is 4.71. The van der Waals surface area contributed by atoms with E-state index in [2.05, 4.69) is 36.1 Å². The van der Waals surface area contributed by atoms with E-state index >= 15 is 0 Å². The maximum Gasteiger partial charge on any atom is 0.146 e. The van der Waals surface area contributed by atoms with Gasteiger partial charge in [0.1, 0.15) is 16.5 Å². The van der Waals surface area contributed by atoms with Gasteiger partial charge < -0.3 is 10.1 Å². The second kappa shape index (κ2) is 7.15. The summed E-state index contributed by atoms with van der Waals surface area (Å²) in [6, 6.07) is 0. The maximum atomic E-state index is 5.09. The maximum absolute atomic E-state index is 5.09. The van der Waals surface area contributed by atoms with Gasteiger partial charge in [-0.05, 0) is 32.9 Å². The van der Waals surface area contributed by atoms with Crippen molar-refractivity contribution >= 4 is 27.4 Å². The highest BCUT2D eigenvalue weighted by atomic mass is 32.1. The van der Waals surface area contributed by atoms with Crippen molar-refractivity contribution in [2.24, 2.45) is 0 Å². The molecule has 2 heterocycles. The van der Waals surface area contributed by atoms with Gasteiger partial charge >= 0.3 is 0 Å². The van der Waals surface area contributed by atoms with Crippen molar-refractivity contribution in [1.82, 2.24) is 14.9 Å². The fraction of sp³-hybridized carbons (Fsp3) is 0.600. The number of fused-ring (bicyclic) bond motifs is 1. The van der Waals surface area contributed by atoms with Crippen LogP contribution in [0.1, 0.15) is 22.7 Å². The van der Waals surface area contributed by atoms with E-state index in [0.29, 0.717) is 0 Å². The predicted octanol–water partition coefficient (Wildman–Crippen LogP) is 2.82. The fourth-order valence-electron chi connectivity index (χ4n) is 2.34. The molecular formula is C15H24N4OS. The van der Waals surface area contributed by atoms with Gasteiger partial charge in [0, 0.05) is 32.2 Å². The van der Waals surface area contributed by atoms with Crippen molar-refractivity contribution in [3.63, 3.8) is 0 Å². The molecule has 0 aliphatic heterocycles. The number of hydrogen-bond donors (Lipinski definition) is 1. The quantitative estimate of drug-likeness (QED) is 0.797. The van der Waals surface area contributed by atoms with Crippen LogP contribution in [0.4, 0.5) is 5.82 Å². The van der Waals surface area contributed by atoms with Gasteiger partial charge in [0.25, 0.3) is 0 Å². The molecule has 2 aromatic heterocycles. The van der Waals surface area contributed by atoms with Crippen molar-refractivity contribution in [1.29, 1.82) is 0 Å². The van der Waals surface area contributed by atoms with Crippen LogP contribution in [0.2, 0.25) is 0 Å². The minimum atomic E-state index is 0.754. The lowest BCUT2D eigenvalue weighted by molar-refractivity contribution is 0.177. The van der Waals surface area contributed by atoms with Gasteiger partial charge in [-0.25, -0.2) is 9.97 Å². The number of aromatic nitrogens is 2. The Bertz CT molecular complexity index is 611. The molecule has 2 aromatic rings.